The molecule has 0 spiro atoms. The molecule has 3 rings (SSSR count). The van der Waals surface area contributed by atoms with Crippen LogP contribution in [0.5, 0.6) is 5.75 Å². The number of ether oxygens (including phenoxy) is 1. The van der Waals surface area contributed by atoms with Crippen LogP contribution in [0.1, 0.15) is 24.9 Å². The Morgan fingerprint density at radius 3 is 2.46 bits per heavy atom. The summed E-state index contributed by atoms with van der Waals surface area (Å²) in [6.07, 6.45) is 0.0875. The summed E-state index contributed by atoms with van der Waals surface area (Å²) in [4.78, 5) is 39.0. The summed E-state index contributed by atoms with van der Waals surface area (Å²) >= 11 is 0. The van der Waals surface area contributed by atoms with Crippen molar-refractivity contribution >= 4 is 16.7 Å². The fourth-order valence-electron chi connectivity index (χ4n) is 3.22. The van der Waals surface area contributed by atoms with Crippen LogP contribution < -0.4 is 15.9 Å². The van der Waals surface area contributed by atoms with Crippen molar-refractivity contribution in [2.75, 3.05) is 14.2 Å². The zero-order chi connectivity index (χ0) is 20.3. The van der Waals surface area contributed by atoms with E-state index in [1.165, 1.54) is 4.68 Å². The predicted molar refractivity (Wildman–Crippen MR) is 108 cm³/mol. The highest BCUT2D eigenvalue weighted by Crippen LogP contribution is 2.28. The molecule has 1 N–H and O–H groups in total. The average molecular weight is 381 g/mol. The molecule has 0 radical (unpaired) electrons. The Morgan fingerprint density at radius 1 is 1.11 bits per heavy atom. The molecule has 0 aliphatic rings. The molecule has 0 aliphatic carbocycles. The number of aryl methyl sites for hydroxylation is 1. The summed E-state index contributed by atoms with van der Waals surface area (Å²) in [5.74, 6) is 0.573. The molecule has 0 saturated heterocycles. The number of benzene rings is 2. The Balaban J connectivity index is 1.77. The molecule has 7 nitrogen and oxygen atoms in total. The highest BCUT2D eigenvalue weighted by atomic mass is 16.5. The van der Waals surface area contributed by atoms with Gasteiger partial charge in [0.25, 0.3) is 11.1 Å². The van der Waals surface area contributed by atoms with Crippen LogP contribution in [-0.4, -0.2) is 34.7 Å². The Bertz CT molecular complexity index is 1120. The van der Waals surface area contributed by atoms with Gasteiger partial charge in [-0.3, -0.25) is 19.5 Å². The lowest BCUT2D eigenvalue weighted by Gasteiger charge is -2.26. The quantitative estimate of drug-likeness (QED) is 0.710. The van der Waals surface area contributed by atoms with Gasteiger partial charge in [-0.05, 0) is 25.1 Å². The number of carbonyl (C=O) groups excluding carboxylic acids is 1. The number of nitrogens with zero attached hydrogens (tertiary/aromatic N) is 2. The molecule has 0 aliphatic heterocycles. The van der Waals surface area contributed by atoms with Gasteiger partial charge in [0.2, 0.25) is 5.91 Å². The van der Waals surface area contributed by atoms with Crippen molar-refractivity contribution < 1.29 is 9.53 Å². The summed E-state index contributed by atoms with van der Waals surface area (Å²) < 4.78 is 6.57. The van der Waals surface area contributed by atoms with Crippen LogP contribution in [0.3, 0.4) is 0 Å². The number of aromatic nitrogens is 2. The molecule has 1 unspecified atom stereocenters. The van der Waals surface area contributed by atoms with Crippen molar-refractivity contribution in [2.45, 2.75) is 25.9 Å². The molecule has 0 fully saturated rings. The number of amides is 1. The third kappa shape index (κ3) is 3.69. The highest BCUT2D eigenvalue weighted by Gasteiger charge is 2.20. The van der Waals surface area contributed by atoms with E-state index in [1.54, 1.807) is 43.3 Å². The minimum Gasteiger partial charge on any atom is -0.496 e. The zero-order valence-corrected chi connectivity index (χ0v) is 16.1. The van der Waals surface area contributed by atoms with Crippen molar-refractivity contribution in [3.05, 3.63) is 74.8 Å². The number of nitrogens with one attached hydrogen (secondary N) is 1. The third-order valence-corrected chi connectivity index (χ3v) is 5.00. The molecule has 1 aromatic heterocycles. The first-order chi connectivity index (χ1) is 13.4. The summed E-state index contributed by atoms with van der Waals surface area (Å²) in [6.45, 7) is 2.01. The van der Waals surface area contributed by atoms with Crippen LogP contribution in [0.15, 0.2) is 58.1 Å². The molecular weight excluding hydrogens is 358 g/mol. The van der Waals surface area contributed by atoms with Crippen LogP contribution in [0.25, 0.3) is 10.8 Å². The summed E-state index contributed by atoms with van der Waals surface area (Å²) in [5.41, 5.74) is 0.235. The average Bonchev–Trinajstić information content (AvgIpc) is 2.73. The van der Waals surface area contributed by atoms with Crippen molar-refractivity contribution in [3.63, 3.8) is 0 Å². The van der Waals surface area contributed by atoms with E-state index in [4.69, 9.17) is 4.74 Å². The van der Waals surface area contributed by atoms with Crippen LogP contribution in [-0.2, 0) is 11.3 Å². The lowest BCUT2D eigenvalue weighted by molar-refractivity contribution is -0.132. The van der Waals surface area contributed by atoms with Gasteiger partial charge >= 0.3 is 0 Å². The van der Waals surface area contributed by atoms with E-state index in [1.807, 2.05) is 31.2 Å². The first-order valence-electron chi connectivity index (χ1n) is 9.04. The maximum atomic E-state index is 12.7. The number of para-hydroxylation sites is 1. The Labute approximate surface area is 162 Å². The highest BCUT2D eigenvalue weighted by molar-refractivity contribution is 5.80. The first-order valence-corrected chi connectivity index (χ1v) is 9.04. The van der Waals surface area contributed by atoms with Gasteiger partial charge in [0.1, 0.15) is 5.75 Å². The number of carbonyl (C=O) groups is 1. The second-order valence-electron chi connectivity index (χ2n) is 6.62. The standard InChI is InChI=1S/C21H23N3O4/c1-14(15-8-6-7-11-18(15)28-3)23(2)19(25)12-13-24-21(27)17-10-5-4-9-16(17)20(26)22-24/h4-11,14H,12-13H2,1-3H3,(H,22,26). The second kappa shape index (κ2) is 8.12. The largest absolute Gasteiger partial charge is 0.496 e. The van der Waals surface area contributed by atoms with E-state index < -0.39 is 0 Å². The smallest absolute Gasteiger partial charge is 0.273 e. The lowest BCUT2D eigenvalue weighted by Crippen LogP contribution is -2.34. The number of hydrogen-bond donors (Lipinski definition) is 1. The normalized spacial score (nSPS) is 12.0. The number of aromatic amines is 1. The fourth-order valence-corrected chi connectivity index (χ4v) is 3.22. The lowest BCUT2D eigenvalue weighted by atomic mass is 10.1. The topological polar surface area (TPSA) is 84.4 Å². The number of hydrogen-bond acceptors (Lipinski definition) is 4. The minimum absolute atomic E-state index is 0.0875. The van der Waals surface area contributed by atoms with Crippen LogP contribution in [0, 0.1) is 0 Å². The monoisotopic (exact) mass is 381 g/mol. The van der Waals surface area contributed by atoms with Gasteiger partial charge in [-0.15, -0.1) is 0 Å². The molecule has 0 saturated carbocycles. The van der Waals surface area contributed by atoms with Crippen LogP contribution in [0.4, 0.5) is 0 Å². The zero-order valence-electron chi connectivity index (χ0n) is 16.1. The number of H-pyrrole nitrogens is 1. The van der Waals surface area contributed by atoms with Gasteiger partial charge in [0.15, 0.2) is 0 Å². The molecule has 0 bridgehead atoms. The maximum absolute atomic E-state index is 12.7. The number of fused-ring (bicyclic) bond motifs is 1. The van der Waals surface area contributed by atoms with E-state index in [0.29, 0.717) is 16.5 Å². The van der Waals surface area contributed by atoms with Crippen molar-refractivity contribution in [3.8, 4) is 5.75 Å². The molecule has 3 aromatic rings. The first kappa shape index (κ1) is 19.4. The van der Waals surface area contributed by atoms with E-state index in [-0.39, 0.29) is 36.0 Å². The van der Waals surface area contributed by atoms with Crippen molar-refractivity contribution in [1.29, 1.82) is 0 Å². The molecule has 1 atom stereocenters. The van der Waals surface area contributed by atoms with Gasteiger partial charge in [0, 0.05) is 19.0 Å². The molecular formula is C21H23N3O4. The summed E-state index contributed by atoms with van der Waals surface area (Å²) in [7, 11) is 3.31. The van der Waals surface area contributed by atoms with Crippen LogP contribution in [0.2, 0.25) is 0 Å². The number of methoxy groups -OCH3 is 1. The summed E-state index contributed by atoms with van der Waals surface area (Å²) in [5, 5.41) is 3.24. The molecule has 7 heteroatoms. The fraction of sp³-hybridized carbons (Fsp3) is 0.286. The molecule has 28 heavy (non-hydrogen) atoms. The third-order valence-electron chi connectivity index (χ3n) is 5.00. The minimum atomic E-state index is -0.349. The predicted octanol–water partition coefficient (Wildman–Crippen LogP) is 2.31. The molecule has 2 aromatic carbocycles. The van der Waals surface area contributed by atoms with Crippen molar-refractivity contribution in [2.24, 2.45) is 0 Å². The summed E-state index contributed by atoms with van der Waals surface area (Å²) in [6, 6.07) is 14.0. The molecule has 146 valence electrons. The van der Waals surface area contributed by atoms with E-state index >= 15 is 0 Å². The Hall–Kier alpha value is -3.35. The number of rotatable bonds is 6. The van der Waals surface area contributed by atoms with E-state index in [2.05, 4.69) is 5.10 Å². The van der Waals surface area contributed by atoms with Gasteiger partial charge < -0.3 is 9.64 Å². The Morgan fingerprint density at radius 2 is 1.75 bits per heavy atom. The maximum Gasteiger partial charge on any atom is 0.273 e. The van der Waals surface area contributed by atoms with E-state index in [0.717, 1.165) is 5.56 Å². The van der Waals surface area contributed by atoms with Gasteiger partial charge in [-0.1, -0.05) is 30.3 Å². The molecule has 1 heterocycles. The molecule has 1 amide bonds. The van der Waals surface area contributed by atoms with Crippen molar-refractivity contribution in [1.82, 2.24) is 14.7 Å². The van der Waals surface area contributed by atoms with Gasteiger partial charge in [-0.25, -0.2) is 4.68 Å². The SMILES string of the molecule is COc1ccccc1C(C)N(C)C(=O)CCn1[nH]c(=O)c2ccccc2c1=O. The second-order valence-corrected chi connectivity index (χ2v) is 6.62. The Kier molecular flexibility index (Phi) is 5.63. The van der Waals surface area contributed by atoms with Gasteiger partial charge in [-0.2, -0.15) is 0 Å². The van der Waals surface area contributed by atoms with E-state index in [9.17, 15) is 14.4 Å². The van der Waals surface area contributed by atoms with Crippen LogP contribution >= 0.6 is 0 Å². The van der Waals surface area contributed by atoms with Gasteiger partial charge in [0.05, 0.1) is 30.5 Å².